The van der Waals surface area contributed by atoms with Gasteiger partial charge >= 0.3 is 5.97 Å². The number of carboxylic acid groups (broad SMARTS) is 1. The van der Waals surface area contributed by atoms with Gasteiger partial charge in [0.1, 0.15) is 6.04 Å². The third-order valence-electron chi connectivity index (χ3n) is 6.71. The van der Waals surface area contributed by atoms with E-state index < -0.39 is 12.0 Å². The molecule has 3 aliphatic rings. The van der Waals surface area contributed by atoms with Crippen LogP contribution < -0.4 is 5.32 Å². The van der Waals surface area contributed by atoms with Crippen LogP contribution in [0.15, 0.2) is 0 Å². The van der Waals surface area contributed by atoms with E-state index in [1.807, 2.05) is 0 Å². The number of hydrogen-bond acceptors (Lipinski definition) is 3. The Hall–Kier alpha value is -1.59. The minimum atomic E-state index is -0.883. The Morgan fingerprint density at radius 2 is 1.52 bits per heavy atom. The SMILES string of the molecule is O=C(CC1CCCCC1)NC1CCC(C(=O)N2CCCCC2C(=O)O)CC1. The first-order valence-corrected chi connectivity index (χ1v) is 10.9. The van der Waals surface area contributed by atoms with Crippen LogP contribution in [0.4, 0.5) is 0 Å². The highest BCUT2D eigenvalue weighted by atomic mass is 16.4. The lowest BCUT2D eigenvalue weighted by Gasteiger charge is -2.37. The number of carbonyl (C=O) groups excluding carboxylic acids is 2. The molecule has 6 nitrogen and oxygen atoms in total. The molecule has 1 unspecified atom stereocenters. The topological polar surface area (TPSA) is 86.7 Å². The van der Waals surface area contributed by atoms with Crippen molar-refractivity contribution in [2.24, 2.45) is 11.8 Å². The van der Waals surface area contributed by atoms with E-state index in [1.165, 1.54) is 32.1 Å². The normalized spacial score (nSPS) is 29.9. The van der Waals surface area contributed by atoms with Gasteiger partial charge < -0.3 is 15.3 Å². The summed E-state index contributed by atoms with van der Waals surface area (Å²) in [6.45, 7) is 0.563. The van der Waals surface area contributed by atoms with E-state index >= 15 is 0 Å². The van der Waals surface area contributed by atoms with E-state index in [-0.39, 0.29) is 23.8 Å². The Bertz CT molecular complexity index is 536. The summed E-state index contributed by atoms with van der Waals surface area (Å²) in [5.41, 5.74) is 0. The molecule has 27 heavy (non-hydrogen) atoms. The van der Waals surface area contributed by atoms with Gasteiger partial charge in [-0.1, -0.05) is 19.3 Å². The molecule has 0 radical (unpaired) electrons. The minimum absolute atomic E-state index is 0.00841. The molecule has 0 aromatic rings. The maximum atomic E-state index is 12.8. The van der Waals surface area contributed by atoms with Crippen LogP contribution >= 0.6 is 0 Å². The molecule has 3 fully saturated rings. The zero-order valence-electron chi connectivity index (χ0n) is 16.3. The van der Waals surface area contributed by atoms with Crippen molar-refractivity contribution < 1.29 is 19.5 Å². The zero-order chi connectivity index (χ0) is 19.2. The number of carboxylic acids is 1. The van der Waals surface area contributed by atoms with Gasteiger partial charge in [-0.2, -0.15) is 0 Å². The van der Waals surface area contributed by atoms with Crippen LogP contribution in [0.5, 0.6) is 0 Å². The summed E-state index contributed by atoms with van der Waals surface area (Å²) in [5, 5.41) is 12.6. The van der Waals surface area contributed by atoms with Crippen molar-refractivity contribution in [1.29, 1.82) is 0 Å². The number of carbonyl (C=O) groups is 3. The molecule has 0 spiro atoms. The molecular weight excluding hydrogens is 344 g/mol. The fourth-order valence-electron chi connectivity index (χ4n) is 5.11. The van der Waals surface area contributed by atoms with E-state index in [2.05, 4.69) is 5.32 Å². The summed E-state index contributed by atoms with van der Waals surface area (Å²) in [5.74, 6) is -0.250. The molecule has 2 N–H and O–H groups in total. The van der Waals surface area contributed by atoms with Crippen molar-refractivity contribution in [3.8, 4) is 0 Å². The highest BCUT2D eigenvalue weighted by molar-refractivity contribution is 5.85. The summed E-state index contributed by atoms with van der Waals surface area (Å²) >= 11 is 0. The molecule has 3 rings (SSSR count). The minimum Gasteiger partial charge on any atom is -0.480 e. The molecule has 2 saturated carbocycles. The fourth-order valence-corrected chi connectivity index (χ4v) is 5.11. The van der Waals surface area contributed by atoms with Crippen LogP contribution in [0.1, 0.15) is 83.5 Å². The average Bonchev–Trinajstić information content (AvgIpc) is 2.68. The third-order valence-corrected chi connectivity index (χ3v) is 6.71. The highest BCUT2D eigenvalue weighted by Gasteiger charge is 2.37. The van der Waals surface area contributed by atoms with Gasteiger partial charge in [-0.25, -0.2) is 4.79 Å². The summed E-state index contributed by atoms with van der Waals surface area (Å²) in [6, 6.07) is -0.485. The number of rotatable bonds is 5. The molecule has 2 amide bonds. The van der Waals surface area contributed by atoms with Crippen molar-refractivity contribution >= 4 is 17.8 Å². The first-order chi connectivity index (χ1) is 13.0. The van der Waals surface area contributed by atoms with Crippen LogP contribution in [-0.4, -0.2) is 46.4 Å². The van der Waals surface area contributed by atoms with Gasteiger partial charge in [-0.3, -0.25) is 9.59 Å². The number of likely N-dealkylation sites (tertiary alicyclic amines) is 1. The molecule has 1 aliphatic heterocycles. The van der Waals surface area contributed by atoms with E-state index in [4.69, 9.17) is 0 Å². The van der Waals surface area contributed by atoms with Gasteiger partial charge in [0.05, 0.1) is 0 Å². The van der Waals surface area contributed by atoms with Crippen molar-refractivity contribution in [2.75, 3.05) is 6.54 Å². The molecule has 1 atom stereocenters. The van der Waals surface area contributed by atoms with Gasteiger partial charge in [0, 0.05) is 24.9 Å². The lowest BCUT2D eigenvalue weighted by Crippen LogP contribution is -2.51. The predicted octanol–water partition coefficient (Wildman–Crippen LogP) is 3.10. The molecular formula is C21H34N2O4. The Morgan fingerprint density at radius 3 is 2.19 bits per heavy atom. The second-order valence-electron chi connectivity index (χ2n) is 8.71. The van der Waals surface area contributed by atoms with Crippen molar-refractivity contribution in [3.05, 3.63) is 0 Å². The Morgan fingerprint density at radius 1 is 0.852 bits per heavy atom. The summed E-state index contributed by atoms with van der Waals surface area (Å²) < 4.78 is 0. The lowest BCUT2D eigenvalue weighted by molar-refractivity contribution is -0.154. The molecule has 1 saturated heterocycles. The van der Waals surface area contributed by atoms with E-state index in [9.17, 15) is 19.5 Å². The molecule has 2 aliphatic carbocycles. The first kappa shape index (κ1) is 20.2. The number of aliphatic carboxylic acids is 1. The smallest absolute Gasteiger partial charge is 0.326 e. The van der Waals surface area contributed by atoms with Crippen molar-refractivity contribution in [3.63, 3.8) is 0 Å². The quantitative estimate of drug-likeness (QED) is 0.770. The fraction of sp³-hybridized carbons (Fsp3) is 0.857. The van der Waals surface area contributed by atoms with Gasteiger partial charge in [-0.05, 0) is 63.7 Å². The van der Waals surface area contributed by atoms with Crippen LogP contribution in [-0.2, 0) is 14.4 Å². The molecule has 152 valence electrons. The molecule has 6 heteroatoms. The van der Waals surface area contributed by atoms with Gasteiger partial charge in [0.15, 0.2) is 0 Å². The maximum Gasteiger partial charge on any atom is 0.326 e. The molecule has 0 aromatic heterocycles. The Labute approximate surface area is 162 Å². The van der Waals surface area contributed by atoms with Crippen LogP contribution in [0.3, 0.4) is 0 Å². The third kappa shape index (κ3) is 5.45. The first-order valence-electron chi connectivity index (χ1n) is 10.9. The van der Waals surface area contributed by atoms with Crippen LogP contribution in [0, 0.1) is 11.8 Å². The zero-order valence-corrected chi connectivity index (χ0v) is 16.3. The Balaban J connectivity index is 1.43. The van der Waals surface area contributed by atoms with E-state index in [1.54, 1.807) is 4.90 Å². The summed E-state index contributed by atoms with van der Waals surface area (Å²) in [4.78, 5) is 38.2. The summed E-state index contributed by atoms with van der Waals surface area (Å²) in [7, 11) is 0. The average molecular weight is 379 g/mol. The second kappa shape index (κ2) is 9.56. The number of piperidine rings is 1. The largest absolute Gasteiger partial charge is 0.480 e. The monoisotopic (exact) mass is 378 g/mol. The van der Waals surface area contributed by atoms with Crippen LogP contribution in [0.2, 0.25) is 0 Å². The van der Waals surface area contributed by atoms with Gasteiger partial charge in [0.25, 0.3) is 0 Å². The maximum absolute atomic E-state index is 12.8. The lowest BCUT2D eigenvalue weighted by atomic mass is 9.83. The molecule has 0 aromatic carbocycles. The number of hydrogen-bond donors (Lipinski definition) is 2. The van der Waals surface area contributed by atoms with E-state index in [0.717, 1.165) is 38.5 Å². The highest BCUT2D eigenvalue weighted by Crippen LogP contribution is 2.30. The standard InChI is InChI=1S/C21H34N2O4/c24-19(14-15-6-2-1-3-7-15)22-17-11-9-16(10-12-17)20(25)23-13-5-4-8-18(23)21(26)27/h15-18H,1-14H2,(H,22,24)(H,26,27). The van der Waals surface area contributed by atoms with Gasteiger partial charge in [-0.15, -0.1) is 0 Å². The van der Waals surface area contributed by atoms with Crippen molar-refractivity contribution in [1.82, 2.24) is 10.2 Å². The second-order valence-corrected chi connectivity index (χ2v) is 8.71. The molecule has 0 bridgehead atoms. The van der Waals surface area contributed by atoms with Crippen molar-refractivity contribution in [2.45, 2.75) is 95.6 Å². The van der Waals surface area contributed by atoms with E-state index in [0.29, 0.717) is 25.3 Å². The summed E-state index contributed by atoms with van der Waals surface area (Å²) in [6.07, 6.45) is 12.3. The van der Waals surface area contributed by atoms with Crippen LogP contribution in [0.25, 0.3) is 0 Å². The number of nitrogens with one attached hydrogen (secondary N) is 1. The molecule has 1 heterocycles. The number of nitrogens with zero attached hydrogens (tertiary/aromatic N) is 1. The predicted molar refractivity (Wildman–Crippen MR) is 102 cm³/mol. The number of amides is 2. The Kier molecular flexibility index (Phi) is 7.13. The van der Waals surface area contributed by atoms with Gasteiger partial charge in [0.2, 0.25) is 11.8 Å².